The quantitative estimate of drug-likeness (QED) is 0.188. The molecular weight excluding hydrogens is 613 g/mol. The van der Waals surface area contributed by atoms with Gasteiger partial charge < -0.3 is 8.83 Å². The maximum Gasteiger partial charge on any atom is 0.149 e. The molecule has 236 valence electrons. The summed E-state index contributed by atoms with van der Waals surface area (Å²) in [7, 11) is 0. The van der Waals surface area contributed by atoms with E-state index in [2.05, 4.69) is 163 Å². The Labute approximate surface area is 288 Å². The Hall–Kier alpha value is -6.65. The predicted octanol–water partition coefficient (Wildman–Crippen LogP) is 12.6. The van der Waals surface area contributed by atoms with Crippen molar-refractivity contribution in [2.75, 3.05) is 0 Å². The fraction of sp³-hybridized carbons (Fsp3) is 0.0217. The lowest BCUT2D eigenvalue weighted by molar-refractivity contribution is 0.616. The Kier molecular flexibility index (Phi) is 6.36. The molecule has 10 rings (SSSR count). The summed E-state index contributed by atoms with van der Waals surface area (Å²) < 4.78 is 14.8. The summed E-state index contributed by atoms with van der Waals surface area (Å²) in [6.07, 6.45) is 1.86. The summed E-state index contributed by atoms with van der Waals surface area (Å²) in [6, 6.07) is 55.4. The minimum Gasteiger partial charge on any atom is -0.464 e. The first-order valence-electron chi connectivity index (χ1n) is 16.9. The number of para-hydroxylation sites is 3. The van der Waals surface area contributed by atoms with Crippen molar-refractivity contribution in [1.82, 2.24) is 9.55 Å². The number of furan rings is 2. The standard InChI is InChI=1S/C46H30N2O2/c1-29-19-22-36-37-26-33(21-24-43(37)50-44(36)25-29)32-20-23-42-38(27-32)39(28-49-42)46-47-40-17-8-9-18-41(40)48(46)45-34(30-11-4-2-5-12-30)15-10-16-35(45)31-13-6-3-7-14-31/h2-28H,1H3. The zero-order chi connectivity index (χ0) is 33.2. The molecule has 7 aromatic carbocycles. The highest BCUT2D eigenvalue weighted by Crippen LogP contribution is 2.43. The van der Waals surface area contributed by atoms with E-state index < -0.39 is 0 Å². The van der Waals surface area contributed by atoms with Crippen LogP contribution < -0.4 is 0 Å². The minimum atomic E-state index is 0.812. The second kappa shape index (κ2) is 11.2. The van der Waals surface area contributed by atoms with Crippen molar-refractivity contribution in [3.8, 4) is 50.5 Å². The van der Waals surface area contributed by atoms with Crippen LogP contribution in [0.4, 0.5) is 0 Å². The summed E-state index contributed by atoms with van der Waals surface area (Å²) in [6.45, 7) is 2.09. The molecule has 0 aliphatic heterocycles. The van der Waals surface area contributed by atoms with Crippen LogP contribution in [0, 0.1) is 6.92 Å². The number of benzene rings is 7. The van der Waals surface area contributed by atoms with Crippen molar-refractivity contribution in [3.63, 3.8) is 0 Å². The van der Waals surface area contributed by atoms with Crippen molar-refractivity contribution in [2.24, 2.45) is 0 Å². The number of nitrogens with zero attached hydrogens (tertiary/aromatic N) is 2. The average molecular weight is 643 g/mol. The molecule has 0 amide bonds. The molecule has 0 aliphatic carbocycles. The number of hydrogen-bond acceptors (Lipinski definition) is 3. The van der Waals surface area contributed by atoms with Crippen LogP contribution in [0.25, 0.3) is 94.4 Å². The maximum absolute atomic E-state index is 6.27. The first kappa shape index (κ1) is 28.4. The molecule has 50 heavy (non-hydrogen) atoms. The highest BCUT2D eigenvalue weighted by Gasteiger charge is 2.23. The van der Waals surface area contributed by atoms with E-state index in [1.165, 1.54) is 5.56 Å². The van der Waals surface area contributed by atoms with Gasteiger partial charge in [-0.25, -0.2) is 4.98 Å². The molecular formula is C46H30N2O2. The third-order valence-electron chi connectivity index (χ3n) is 9.76. The van der Waals surface area contributed by atoms with Gasteiger partial charge in [-0.3, -0.25) is 4.57 Å². The predicted molar refractivity (Wildman–Crippen MR) is 205 cm³/mol. The van der Waals surface area contributed by atoms with Crippen molar-refractivity contribution >= 4 is 43.9 Å². The van der Waals surface area contributed by atoms with Gasteiger partial charge in [0, 0.05) is 27.3 Å². The van der Waals surface area contributed by atoms with E-state index in [1.54, 1.807) is 0 Å². The van der Waals surface area contributed by atoms with E-state index in [0.29, 0.717) is 0 Å². The van der Waals surface area contributed by atoms with E-state index >= 15 is 0 Å². The Morgan fingerprint density at radius 1 is 0.480 bits per heavy atom. The summed E-state index contributed by atoms with van der Waals surface area (Å²) >= 11 is 0. The average Bonchev–Trinajstić information content (AvgIpc) is 3.87. The maximum atomic E-state index is 6.27. The van der Waals surface area contributed by atoms with Crippen molar-refractivity contribution < 1.29 is 8.83 Å². The number of aryl methyl sites for hydroxylation is 1. The largest absolute Gasteiger partial charge is 0.464 e. The van der Waals surface area contributed by atoms with Crippen LogP contribution in [0.3, 0.4) is 0 Å². The van der Waals surface area contributed by atoms with Crippen LogP contribution in [-0.2, 0) is 0 Å². The Balaban J connectivity index is 1.22. The van der Waals surface area contributed by atoms with Gasteiger partial charge in [-0.1, -0.05) is 115 Å². The van der Waals surface area contributed by atoms with E-state index in [9.17, 15) is 0 Å². The topological polar surface area (TPSA) is 44.1 Å². The molecule has 0 radical (unpaired) electrons. The van der Waals surface area contributed by atoms with Gasteiger partial charge >= 0.3 is 0 Å². The first-order valence-corrected chi connectivity index (χ1v) is 16.9. The minimum absolute atomic E-state index is 0.812. The zero-order valence-electron chi connectivity index (χ0n) is 27.3. The van der Waals surface area contributed by atoms with Crippen LogP contribution in [0.15, 0.2) is 173 Å². The van der Waals surface area contributed by atoms with Gasteiger partial charge in [0.25, 0.3) is 0 Å². The number of imidazole rings is 1. The fourth-order valence-electron chi connectivity index (χ4n) is 7.36. The van der Waals surface area contributed by atoms with Gasteiger partial charge in [0.15, 0.2) is 0 Å². The molecule has 4 nitrogen and oxygen atoms in total. The molecule has 0 bridgehead atoms. The lowest BCUT2D eigenvalue weighted by Crippen LogP contribution is -2.03. The van der Waals surface area contributed by atoms with Gasteiger partial charge in [0.05, 0.1) is 22.3 Å². The smallest absolute Gasteiger partial charge is 0.149 e. The molecule has 0 unspecified atom stereocenters. The molecule has 10 aromatic rings. The summed E-state index contributed by atoms with van der Waals surface area (Å²) in [4.78, 5) is 5.32. The number of fused-ring (bicyclic) bond motifs is 5. The normalized spacial score (nSPS) is 11.7. The molecule has 0 saturated heterocycles. The van der Waals surface area contributed by atoms with Crippen LogP contribution in [0.2, 0.25) is 0 Å². The molecule has 0 spiro atoms. The number of hydrogen-bond donors (Lipinski definition) is 0. The Morgan fingerprint density at radius 3 is 1.88 bits per heavy atom. The number of aromatic nitrogens is 2. The second-order valence-electron chi connectivity index (χ2n) is 12.9. The lowest BCUT2D eigenvalue weighted by Gasteiger charge is -2.19. The third kappa shape index (κ3) is 4.50. The van der Waals surface area contributed by atoms with E-state index in [0.717, 1.165) is 94.4 Å². The van der Waals surface area contributed by atoms with E-state index in [1.807, 2.05) is 12.3 Å². The summed E-state index contributed by atoms with van der Waals surface area (Å²) in [5.74, 6) is 0.828. The van der Waals surface area contributed by atoms with Crippen molar-refractivity contribution in [2.45, 2.75) is 6.92 Å². The monoisotopic (exact) mass is 642 g/mol. The van der Waals surface area contributed by atoms with Crippen LogP contribution in [-0.4, -0.2) is 9.55 Å². The molecule has 3 heterocycles. The molecule has 0 atom stereocenters. The molecule has 3 aromatic heterocycles. The third-order valence-corrected chi connectivity index (χ3v) is 9.76. The van der Waals surface area contributed by atoms with Gasteiger partial charge in [0.1, 0.15) is 28.8 Å². The van der Waals surface area contributed by atoms with Crippen LogP contribution in [0.1, 0.15) is 5.56 Å². The SMILES string of the molecule is Cc1ccc2c(c1)oc1ccc(-c3ccc4occ(-c5nc6ccccc6n5-c5c(-c6ccccc6)cccc5-c5ccccc5)c4c3)cc12. The Bertz CT molecular complexity index is 2820. The van der Waals surface area contributed by atoms with Crippen LogP contribution in [0.5, 0.6) is 0 Å². The molecule has 0 N–H and O–H groups in total. The summed E-state index contributed by atoms with van der Waals surface area (Å²) in [5.41, 5.74) is 14.5. The molecule has 0 aliphatic rings. The van der Waals surface area contributed by atoms with Crippen LogP contribution >= 0.6 is 0 Å². The highest BCUT2D eigenvalue weighted by molar-refractivity contribution is 6.07. The summed E-state index contributed by atoms with van der Waals surface area (Å²) in [5, 5.41) is 3.24. The van der Waals surface area contributed by atoms with Gasteiger partial charge in [0.2, 0.25) is 0 Å². The van der Waals surface area contributed by atoms with E-state index in [-0.39, 0.29) is 0 Å². The zero-order valence-corrected chi connectivity index (χ0v) is 27.3. The molecule has 0 fully saturated rings. The first-order chi connectivity index (χ1) is 24.7. The fourth-order valence-corrected chi connectivity index (χ4v) is 7.36. The van der Waals surface area contributed by atoms with E-state index in [4.69, 9.17) is 13.8 Å². The lowest BCUT2D eigenvalue weighted by atomic mass is 9.95. The van der Waals surface area contributed by atoms with Gasteiger partial charge in [-0.05, 0) is 77.2 Å². The molecule has 0 saturated carbocycles. The molecule has 4 heteroatoms. The number of rotatable bonds is 5. The van der Waals surface area contributed by atoms with Crippen molar-refractivity contribution in [3.05, 3.63) is 170 Å². The van der Waals surface area contributed by atoms with Crippen molar-refractivity contribution in [1.29, 1.82) is 0 Å². The van der Waals surface area contributed by atoms with Gasteiger partial charge in [-0.2, -0.15) is 0 Å². The van der Waals surface area contributed by atoms with Gasteiger partial charge in [-0.15, -0.1) is 0 Å². The second-order valence-corrected chi connectivity index (χ2v) is 12.9. The Morgan fingerprint density at radius 2 is 1.14 bits per heavy atom. The highest BCUT2D eigenvalue weighted by atomic mass is 16.3.